The third kappa shape index (κ3) is 1.97. The highest BCUT2D eigenvalue weighted by molar-refractivity contribution is 5.51. The van der Waals surface area contributed by atoms with E-state index in [1.807, 2.05) is 19.9 Å². The number of anilines is 1. The summed E-state index contributed by atoms with van der Waals surface area (Å²) in [6.07, 6.45) is 0. The summed E-state index contributed by atoms with van der Waals surface area (Å²) in [6, 6.07) is 5.41. The van der Waals surface area contributed by atoms with Crippen LogP contribution >= 0.6 is 0 Å². The van der Waals surface area contributed by atoms with Crippen LogP contribution in [0.15, 0.2) is 18.2 Å². The van der Waals surface area contributed by atoms with Crippen molar-refractivity contribution in [1.82, 2.24) is 0 Å². The van der Waals surface area contributed by atoms with E-state index in [4.69, 9.17) is 0 Å². The van der Waals surface area contributed by atoms with Crippen LogP contribution in [0.5, 0.6) is 0 Å². The molecule has 0 atom stereocenters. The van der Waals surface area contributed by atoms with Crippen LogP contribution < -0.4 is 5.32 Å². The summed E-state index contributed by atoms with van der Waals surface area (Å²) in [5.41, 5.74) is 1.57. The van der Waals surface area contributed by atoms with Crippen LogP contribution in [0.1, 0.15) is 19.4 Å². The second-order valence-corrected chi connectivity index (χ2v) is 3.21. The fourth-order valence-electron chi connectivity index (χ4n) is 1.07. The molecule has 1 aromatic rings. The van der Waals surface area contributed by atoms with Crippen LogP contribution in [0.25, 0.3) is 0 Å². The minimum atomic E-state index is -0.152. The van der Waals surface area contributed by atoms with Crippen molar-refractivity contribution in [3.05, 3.63) is 29.6 Å². The predicted molar refractivity (Wildman–Crippen MR) is 49.9 cm³/mol. The van der Waals surface area contributed by atoms with Crippen LogP contribution in [0.4, 0.5) is 10.1 Å². The monoisotopic (exact) mass is 167 g/mol. The third-order valence-corrected chi connectivity index (χ3v) is 1.71. The van der Waals surface area contributed by atoms with E-state index in [1.165, 1.54) is 6.07 Å². The zero-order valence-electron chi connectivity index (χ0n) is 7.69. The highest BCUT2D eigenvalue weighted by Crippen LogP contribution is 2.17. The smallest absolute Gasteiger partial charge is 0.128 e. The van der Waals surface area contributed by atoms with Gasteiger partial charge in [0.05, 0.1) is 0 Å². The predicted octanol–water partition coefficient (Wildman–Crippen LogP) is 2.95. The number of nitrogens with one attached hydrogen (secondary N) is 1. The third-order valence-electron chi connectivity index (χ3n) is 1.71. The molecule has 66 valence electrons. The molecule has 0 amide bonds. The number of hydrogen-bond donors (Lipinski definition) is 1. The topological polar surface area (TPSA) is 12.0 Å². The van der Waals surface area contributed by atoms with E-state index >= 15 is 0 Å². The average Bonchev–Trinajstić information content (AvgIpc) is 1.98. The first kappa shape index (κ1) is 9.04. The van der Waals surface area contributed by atoms with Crippen molar-refractivity contribution in [2.75, 3.05) is 5.32 Å². The average molecular weight is 167 g/mol. The van der Waals surface area contributed by atoms with Crippen LogP contribution in [0.3, 0.4) is 0 Å². The molecule has 0 aliphatic rings. The van der Waals surface area contributed by atoms with Gasteiger partial charge in [-0.1, -0.05) is 6.07 Å². The molecule has 0 radical (unpaired) electrons. The van der Waals surface area contributed by atoms with Crippen LogP contribution in [0.2, 0.25) is 0 Å². The van der Waals surface area contributed by atoms with Crippen molar-refractivity contribution >= 4 is 5.69 Å². The lowest BCUT2D eigenvalue weighted by atomic mass is 10.2. The van der Waals surface area contributed by atoms with Gasteiger partial charge >= 0.3 is 0 Å². The van der Waals surface area contributed by atoms with Gasteiger partial charge < -0.3 is 5.32 Å². The van der Waals surface area contributed by atoms with Gasteiger partial charge in [-0.25, -0.2) is 4.39 Å². The van der Waals surface area contributed by atoms with Gasteiger partial charge in [0.25, 0.3) is 0 Å². The molecule has 12 heavy (non-hydrogen) atoms. The lowest BCUT2D eigenvalue weighted by molar-refractivity contribution is 0.618. The summed E-state index contributed by atoms with van der Waals surface area (Å²) in [6.45, 7) is 5.84. The molecule has 0 saturated carbocycles. The zero-order chi connectivity index (χ0) is 9.14. The molecule has 1 nitrogen and oxygen atoms in total. The van der Waals surface area contributed by atoms with Crippen molar-refractivity contribution in [3.63, 3.8) is 0 Å². The first-order valence-electron chi connectivity index (χ1n) is 4.13. The Morgan fingerprint density at radius 2 is 2.00 bits per heavy atom. The molecular weight excluding hydrogens is 153 g/mol. The maximum atomic E-state index is 13.0. The molecule has 0 heterocycles. The van der Waals surface area contributed by atoms with Gasteiger partial charge in [-0.15, -0.1) is 0 Å². The molecule has 0 aliphatic heterocycles. The molecule has 0 aromatic heterocycles. The zero-order valence-corrected chi connectivity index (χ0v) is 7.69. The molecule has 0 saturated heterocycles. The number of halogens is 1. The van der Waals surface area contributed by atoms with Gasteiger partial charge in [0.1, 0.15) is 5.82 Å². The minimum absolute atomic E-state index is 0.152. The standard InChI is InChI=1S/C10H14FN/c1-7(2)12-10-6-4-5-9(11)8(10)3/h4-7,12H,1-3H3. The van der Waals surface area contributed by atoms with E-state index in [9.17, 15) is 4.39 Å². The summed E-state index contributed by atoms with van der Waals surface area (Å²) in [7, 11) is 0. The molecule has 1 N–H and O–H groups in total. The normalized spacial score (nSPS) is 10.4. The Labute approximate surface area is 72.6 Å². The van der Waals surface area contributed by atoms with Crippen molar-refractivity contribution in [2.45, 2.75) is 26.8 Å². The first-order chi connectivity index (χ1) is 5.61. The van der Waals surface area contributed by atoms with Gasteiger partial charge in [0.15, 0.2) is 0 Å². The maximum absolute atomic E-state index is 13.0. The molecule has 0 fully saturated rings. The minimum Gasteiger partial charge on any atom is -0.383 e. The second-order valence-electron chi connectivity index (χ2n) is 3.21. The molecular formula is C10H14FN. The number of benzene rings is 1. The Balaban J connectivity index is 2.92. The molecule has 0 unspecified atom stereocenters. The summed E-state index contributed by atoms with van der Waals surface area (Å²) in [5.74, 6) is -0.152. The lowest BCUT2D eigenvalue weighted by Gasteiger charge is -2.12. The Kier molecular flexibility index (Phi) is 2.69. The van der Waals surface area contributed by atoms with Gasteiger partial charge in [0.2, 0.25) is 0 Å². The molecule has 0 bridgehead atoms. The second kappa shape index (κ2) is 3.57. The maximum Gasteiger partial charge on any atom is 0.128 e. The van der Waals surface area contributed by atoms with E-state index in [2.05, 4.69) is 5.32 Å². The molecule has 2 heteroatoms. The number of hydrogen-bond acceptors (Lipinski definition) is 1. The summed E-state index contributed by atoms with van der Waals surface area (Å²) >= 11 is 0. The van der Waals surface area contributed by atoms with Crippen molar-refractivity contribution in [2.24, 2.45) is 0 Å². The van der Waals surface area contributed by atoms with Gasteiger partial charge in [0, 0.05) is 17.3 Å². The highest BCUT2D eigenvalue weighted by Gasteiger charge is 2.02. The van der Waals surface area contributed by atoms with Gasteiger partial charge in [-0.3, -0.25) is 0 Å². The Hall–Kier alpha value is -1.05. The van der Waals surface area contributed by atoms with Crippen LogP contribution in [-0.2, 0) is 0 Å². The van der Waals surface area contributed by atoms with Crippen molar-refractivity contribution in [3.8, 4) is 0 Å². The van der Waals surface area contributed by atoms with Crippen molar-refractivity contribution in [1.29, 1.82) is 0 Å². The Morgan fingerprint density at radius 3 is 2.58 bits per heavy atom. The van der Waals surface area contributed by atoms with Crippen molar-refractivity contribution < 1.29 is 4.39 Å². The Bertz CT molecular complexity index is 269. The molecule has 0 spiro atoms. The van der Waals surface area contributed by atoms with E-state index in [1.54, 1.807) is 13.0 Å². The Morgan fingerprint density at radius 1 is 1.33 bits per heavy atom. The van der Waals surface area contributed by atoms with E-state index in [0.717, 1.165) is 5.69 Å². The van der Waals surface area contributed by atoms with Gasteiger partial charge in [-0.2, -0.15) is 0 Å². The largest absolute Gasteiger partial charge is 0.383 e. The lowest BCUT2D eigenvalue weighted by Crippen LogP contribution is -2.11. The van der Waals surface area contributed by atoms with E-state index in [-0.39, 0.29) is 5.82 Å². The molecule has 1 aromatic carbocycles. The summed E-state index contributed by atoms with van der Waals surface area (Å²) < 4.78 is 13.0. The van der Waals surface area contributed by atoms with Crippen LogP contribution in [0, 0.1) is 12.7 Å². The summed E-state index contributed by atoms with van der Waals surface area (Å²) in [4.78, 5) is 0. The SMILES string of the molecule is Cc1c(F)cccc1NC(C)C. The molecule has 1 rings (SSSR count). The highest BCUT2D eigenvalue weighted by atomic mass is 19.1. The molecule has 0 aliphatic carbocycles. The first-order valence-corrected chi connectivity index (χ1v) is 4.13. The van der Waals surface area contributed by atoms with Crippen LogP contribution in [-0.4, -0.2) is 6.04 Å². The summed E-state index contributed by atoms with van der Waals surface area (Å²) in [5, 5.41) is 3.17. The fourth-order valence-corrected chi connectivity index (χ4v) is 1.07. The van der Waals surface area contributed by atoms with E-state index in [0.29, 0.717) is 11.6 Å². The fraction of sp³-hybridized carbons (Fsp3) is 0.400. The number of rotatable bonds is 2. The van der Waals surface area contributed by atoms with Gasteiger partial charge in [-0.05, 0) is 32.9 Å². The van der Waals surface area contributed by atoms with E-state index < -0.39 is 0 Å². The quantitative estimate of drug-likeness (QED) is 0.714.